The van der Waals surface area contributed by atoms with Gasteiger partial charge in [-0.2, -0.15) is 10.1 Å². The predicted octanol–water partition coefficient (Wildman–Crippen LogP) is 2.46. The van der Waals surface area contributed by atoms with Gasteiger partial charge in [-0.05, 0) is 32.1 Å². The lowest BCUT2D eigenvalue weighted by molar-refractivity contribution is 0.446. The van der Waals surface area contributed by atoms with Crippen LogP contribution in [0, 0.1) is 0 Å². The summed E-state index contributed by atoms with van der Waals surface area (Å²) in [6.45, 7) is 6.35. The molecule has 1 aliphatic rings. The summed E-state index contributed by atoms with van der Waals surface area (Å²) in [7, 11) is 0. The van der Waals surface area contributed by atoms with Crippen molar-refractivity contribution in [2.75, 3.05) is 23.3 Å². The van der Waals surface area contributed by atoms with Crippen LogP contribution in [0.15, 0.2) is 6.20 Å². The highest BCUT2D eigenvalue weighted by Gasteiger charge is 2.22. The Labute approximate surface area is 109 Å². The van der Waals surface area contributed by atoms with E-state index in [2.05, 4.69) is 39.2 Å². The highest BCUT2D eigenvalue weighted by Crippen LogP contribution is 2.24. The highest BCUT2D eigenvalue weighted by molar-refractivity contribution is 5.41. The van der Waals surface area contributed by atoms with Crippen molar-refractivity contribution in [3.8, 4) is 0 Å². The minimum Gasteiger partial charge on any atom is -0.353 e. The Morgan fingerprint density at radius 1 is 1.39 bits per heavy atom. The van der Waals surface area contributed by atoms with Gasteiger partial charge in [0.1, 0.15) is 0 Å². The molecule has 1 aromatic heterocycles. The molecule has 100 valence electrons. The number of aromatic nitrogens is 3. The van der Waals surface area contributed by atoms with E-state index >= 15 is 0 Å². The van der Waals surface area contributed by atoms with Crippen LogP contribution in [-0.2, 0) is 0 Å². The second kappa shape index (κ2) is 6.52. The summed E-state index contributed by atoms with van der Waals surface area (Å²) < 4.78 is 0. The van der Waals surface area contributed by atoms with Crippen LogP contribution >= 0.6 is 0 Å². The van der Waals surface area contributed by atoms with Gasteiger partial charge in [-0.1, -0.05) is 13.8 Å². The summed E-state index contributed by atoms with van der Waals surface area (Å²) in [6, 6.07) is 0.606. The second-order valence-corrected chi connectivity index (χ2v) is 4.82. The Bertz CT molecular complexity index is 368. The number of hydrogen-bond donors (Lipinski definition) is 1. The van der Waals surface area contributed by atoms with Crippen LogP contribution in [0.2, 0.25) is 0 Å². The monoisotopic (exact) mass is 249 g/mol. The molecule has 0 aliphatic carbocycles. The fraction of sp³-hybridized carbons (Fsp3) is 0.769. The average Bonchev–Trinajstić information content (AvgIpc) is 2.45. The van der Waals surface area contributed by atoms with Gasteiger partial charge >= 0.3 is 0 Å². The average molecular weight is 249 g/mol. The van der Waals surface area contributed by atoms with Crippen molar-refractivity contribution in [3.63, 3.8) is 0 Å². The standard InChI is InChI=1S/C13H23N5/c1-3-8-14-13-16-12(10-15-17-13)18-9-6-5-7-11(18)4-2/h10-11H,3-9H2,1-2H3,(H,14,16,17). The zero-order valence-corrected chi connectivity index (χ0v) is 11.4. The van der Waals surface area contributed by atoms with E-state index in [1.165, 1.54) is 25.7 Å². The molecule has 0 amide bonds. The van der Waals surface area contributed by atoms with Gasteiger partial charge in [0.05, 0.1) is 6.20 Å². The minimum atomic E-state index is 0.606. The first-order valence-corrected chi connectivity index (χ1v) is 7.05. The van der Waals surface area contributed by atoms with E-state index in [9.17, 15) is 0 Å². The first-order chi connectivity index (χ1) is 8.85. The van der Waals surface area contributed by atoms with Crippen LogP contribution in [0.5, 0.6) is 0 Å². The van der Waals surface area contributed by atoms with E-state index in [0.29, 0.717) is 12.0 Å². The summed E-state index contributed by atoms with van der Waals surface area (Å²) in [5.41, 5.74) is 0. The number of nitrogens with one attached hydrogen (secondary N) is 1. The largest absolute Gasteiger partial charge is 0.353 e. The molecule has 1 unspecified atom stereocenters. The molecule has 2 rings (SSSR count). The van der Waals surface area contributed by atoms with Gasteiger partial charge < -0.3 is 10.2 Å². The van der Waals surface area contributed by atoms with Crippen molar-refractivity contribution in [2.24, 2.45) is 0 Å². The highest BCUT2D eigenvalue weighted by atomic mass is 15.3. The maximum atomic E-state index is 4.57. The van der Waals surface area contributed by atoms with E-state index in [0.717, 1.165) is 25.3 Å². The normalized spacial score (nSPS) is 19.9. The molecule has 0 saturated carbocycles. The summed E-state index contributed by atoms with van der Waals surface area (Å²) in [5, 5.41) is 11.3. The number of nitrogens with zero attached hydrogens (tertiary/aromatic N) is 4. The molecule has 2 heterocycles. The number of piperidine rings is 1. The van der Waals surface area contributed by atoms with Crippen molar-refractivity contribution in [1.82, 2.24) is 15.2 Å². The lowest BCUT2D eigenvalue weighted by Crippen LogP contribution is -2.39. The van der Waals surface area contributed by atoms with Crippen molar-refractivity contribution >= 4 is 11.8 Å². The molecule has 5 nitrogen and oxygen atoms in total. The van der Waals surface area contributed by atoms with Crippen molar-refractivity contribution < 1.29 is 0 Å². The Kier molecular flexibility index (Phi) is 4.73. The summed E-state index contributed by atoms with van der Waals surface area (Å²) in [4.78, 5) is 6.96. The van der Waals surface area contributed by atoms with Crippen LogP contribution in [0.4, 0.5) is 11.8 Å². The van der Waals surface area contributed by atoms with E-state index in [1.807, 2.05) is 0 Å². The summed E-state index contributed by atoms with van der Waals surface area (Å²) in [6.07, 6.45) is 7.85. The van der Waals surface area contributed by atoms with E-state index in [4.69, 9.17) is 0 Å². The summed E-state index contributed by atoms with van der Waals surface area (Å²) >= 11 is 0. The fourth-order valence-corrected chi connectivity index (χ4v) is 2.47. The molecule has 1 atom stereocenters. The van der Waals surface area contributed by atoms with Crippen LogP contribution in [0.1, 0.15) is 46.0 Å². The molecule has 0 aromatic carbocycles. The van der Waals surface area contributed by atoms with Gasteiger partial charge in [0.15, 0.2) is 5.82 Å². The number of anilines is 2. The van der Waals surface area contributed by atoms with Gasteiger partial charge in [0.25, 0.3) is 0 Å². The van der Waals surface area contributed by atoms with Gasteiger partial charge in [0, 0.05) is 19.1 Å². The molecule has 18 heavy (non-hydrogen) atoms. The Hall–Kier alpha value is -1.39. The second-order valence-electron chi connectivity index (χ2n) is 4.82. The zero-order valence-electron chi connectivity index (χ0n) is 11.4. The van der Waals surface area contributed by atoms with Crippen LogP contribution < -0.4 is 10.2 Å². The van der Waals surface area contributed by atoms with Crippen LogP contribution in [0.25, 0.3) is 0 Å². The maximum Gasteiger partial charge on any atom is 0.244 e. The molecule has 0 radical (unpaired) electrons. The topological polar surface area (TPSA) is 53.9 Å². The van der Waals surface area contributed by atoms with Gasteiger partial charge in [0.2, 0.25) is 5.95 Å². The molecule has 5 heteroatoms. The molecular weight excluding hydrogens is 226 g/mol. The first-order valence-electron chi connectivity index (χ1n) is 7.05. The molecular formula is C13H23N5. The molecule has 1 saturated heterocycles. The van der Waals surface area contributed by atoms with Gasteiger partial charge in [-0.15, -0.1) is 5.10 Å². The van der Waals surface area contributed by atoms with Gasteiger partial charge in [-0.3, -0.25) is 0 Å². The predicted molar refractivity (Wildman–Crippen MR) is 73.9 cm³/mol. The minimum absolute atomic E-state index is 0.606. The van der Waals surface area contributed by atoms with E-state index in [1.54, 1.807) is 6.20 Å². The smallest absolute Gasteiger partial charge is 0.244 e. The fourth-order valence-electron chi connectivity index (χ4n) is 2.47. The molecule has 1 aromatic rings. The first kappa shape index (κ1) is 13.1. The third kappa shape index (κ3) is 3.09. The van der Waals surface area contributed by atoms with Crippen LogP contribution in [0.3, 0.4) is 0 Å². The third-order valence-electron chi connectivity index (χ3n) is 3.47. The lowest BCUT2D eigenvalue weighted by atomic mass is 10.0. The number of rotatable bonds is 5. The van der Waals surface area contributed by atoms with Gasteiger partial charge in [-0.25, -0.2) is 0 Å². The molecule has 1 fully saturated rings. The van der Waals surface area contributed by atoms with Crippen LogP contribution in [-0.4, -0.2) is 34.3 Å². The van der Waals surface area contributed by atoms with Crippen molar-refractivity contribution in [3.05, 3.63) is 6.20 Å². The third-order valence-corrected chi connectivity index (χ3v) is 3.47. The Balaban J connectivity index is 2.10. The van der Waals surface area contributed by atoms with Crippen molar-refractivity contribution in [1.29, 1.82) is 0 Å². The van der Waals surface area contributed by atoms with E-state index < -0.39 is 0 Å². The Morgan fingerprint density at radius 3 is 3.06 bits per heavy atom. The molecule has 1 N–H and O–H groups in total. The SMILES string of the molecule is CCCNc1nncc(N2CCCCC2CC)n1. The molecule has 0 bridgehead atoms. The maximum absolute atomic E-state index is 4.57. The van der Waals surface area contributed by atoms with E-state index in [-0.39, 0.29) is 0 Å². The Morgan fingerprint density at radius 2 is 2.28 bits per heavy atom. The quantitative estimate of drug-likeness (QED) is 0.868. The van der Waals surface area contributed by atoms with Crippen molar-refractivity contribution in [2.45, 2.75) is 52.0 Å². The molecule has 0 spiro atoms. The lowest BCUT2D eigenvalue weighted by Gasteiger charge is -2.35. The number of hydrogen-bond acceptors (Lipinski definition) is 5. The zero-order chi connectivity index (χ0) is 12.8. The molecule has 1 aliphatic heterocycles. The summed E-state index contributed by atoms with van der Waals surface area (Å²) in [5.74, 6) is 1.62.